The van der Waals surface area contributed by atoms with Gasteiger partial charge in [-0.2, -0.15) is 0 Å². The van der Waals surface area contributed by atoms with Gasteiger partial charge in [0.25, 0.3) is 0 Å². The van der Waals surface area contributed by atoms with Crippen LogP contribution >= 0.6 is 11.6 Å². The number of nitrogens with zero attached hydrogens (tertiary/aromatic N) is 1. The molecule has 0 aromatic carbocycles. The molecule has 1 unspecified atom stereocenters. The Labute approximate surface area is 110 Å². The molecule has 1 heterocycles. The van der Waals surface area contributed by atoms with Gasteiger partial charge >= 0.3 is 0 Å². The molecule has 0 aliphatic heterocycles. The number of hydrogen-bond donors (Lipinski definition) is 0. The first-order valence-electron chi connectivity index (χ1n) is 6.67. The minimum absolute atomic E-state index is 0.0290. The molecule has 1 atom stereocenters. The summed E-state index contributed by atoms with van der Waals surface area (Å²) in [7, 11) is 0. The molecule has 0 radical (unpaired) electrons. The Hall–Kier alpha value is -0.470. The van der Waals surface area contributed by atoms with Crippen LogP contribution in [0.3, 0.4) is 0 Å². The fourth-order valence-corrected chi connectivity index (χ4v) is 2.16. The number of alkyl halides is 1. The first-order valence-corrected chi connectivity index (χ1v) is 7.11. The van der Waals surface area contributed by atoms with Gasteiger partial charge in [0.05, 0.1) is 6.26 Å². The average Bonchev–Trinajstić information content (AvgIpc) is 2.86. The Balaban J connectivity index is 2.40. The first kappa shape index (κ1) is 14.6. The highest BCUT2D eigenvalue weighted by Gasteiger charge is 2.15. The molecule has 0 fully saturated rings. The van der Waals surface area contributed by atoms with Crippen molar-refractivity contribution >= 4 is 11.6 Å². The summed E-state index contributed by atoms with van der Waals surface area (Å²) in [5.41, 5.74) is 0. The lowest BCUT2D eigenvalue weighted by Gasteiger charge is -2.23. The van der Waals surface area contributed by atoms with Gasteiger partial charge in [0.2, 0.25) is 0 Å². The summed E-state index contributed by atoms with van der Waals surface area (Å²) in [5, 5.41) is -0.0290. The van der Waals surface area contributed by atoms with E-state index in [0.29, 0.717) is 0 Å². The molecule has 3 heteroatoms. The van der Waals surface area contributed by atoms with Crippen LogP contribution in [0, 0.1) is 0 Å². The molecule has 0 amide bonds. The molecule has 0 saturated carbocycles. The van der Waals surface area contributed by atoms with Crippen LogP contribution in [0.5, 0.6) is 0 Å². The van der Waals surface area contributed by atoms with E-state index in [4.69, 9.17) is 16.0 Å². The fraction of sp³-hybridized carbons (Fsp3) is 0.714. The van der Waals surface area contributed by atoms with Crippen LogP contribution in [-0.2, 0) is 0 Å². The number of hydrogen-bond acceptors (Lipinski definition) is 2. The van der Waals surface area contributed by atoms with Crippen molar-refractivity contribution in [3.8, 4) is 0 Å². The summed E-state index contributed by atoms with van der Waals surface area (Å²) in [5.74, 6) is 0.879. The Kier molecular flexibility index (Phi) is 7.38. The molecule has 0 saturated heterocycles. The largest absolute Gasteiger partial charge is 0.468 e. The van der Waals surface area contributed by atoms with Crippen molar-refractivity contribution in [2.45, 2.75) is 44.9 Å². The van der Waals surface area contributed by atoms with Gasteiger partial charge in [0, 0.05) is 6.54 Å². The van der Waals surface area contributed by atoms with E-state index in [1.165, 1.54) is 25.7 Å². The monoisotopic (exact) mass is 257 g/mol. The van der Waals surface area contributed by atoms with E-state index >= 15 is 0 Å². The van der Waals surface area contributed by atoms with E-state index in [1.807, 2.05) is 12.1 Å². The Bertz CT molecular complexity index is 266. The molecule has 0 bridgehead atoms. The zero-order chi connectivity index (χ0) is 12.5. The lowest BCUT2D eigenvalue weighted by molar-refractivity contribution is 0.258. The Morgan fingerprint density at radius 2 is 1.88 bits per heavy atom. The molecule has 0 N–H and O–H groups in total. The van der Waals surface area contributed by atoms with Crippen LogP contribution in [0.25, 0.3) is 0 Å². The predicted octanol–water partition coefficient (Wildman–Crippen LogP) is 4.46. The standard InChI is InChI=1S/C14H24ClNO/c1-3-5-9-16(10-6-4-2)12-13(15)14-8-7-11-17-14/h7-8,11,13H,3-6,9-10,12H2,1-2H3. The predicted molar refractivity (Wildman–Crippen MR) is 73.6 cm³/mol. The van der Waals surface area contributed by atoms with Gasteiger partial charge in [-0.25, -0.2) is 0 Å². The van der Waals surface area contributed by atoms with E-state index in [0.717, 1.165) is 25.4 Å². The Morgan fingerprint density at radius 3 is 2.35 bits per heavy atom. The molecule has 0 spiro atoms. The van der Waals surface area contributed by atoms with E-state index in [1.54, 1.807) is 6.26 Å². The number of rotatable bonds is 9. The van der Waals surface area contributed by atoms with Gasteiger partial charge in [-0.05, 0) is 38.1 Å². The summed E-state index contributed by atoms with van der Waals surface area (Å²) in [6, 6.07) is 3.85. The van der Waals surface area contributed by atoms with Crippen molar-refractivity contribution in [3.05, 3.63) is 24.2 Å². The number of furan rings is 1. The van der Waals surface area contributed by atoms with Gasteiger partial charge < -0.3 is 9.32 Å². The molecular formula is C14H24ClNO. The number of halogens is 1. The minimum atomic E-state index is -0.0290. The molecule has 1 rings (SSSR count). The van der Waals surface area contributed by atoms with Gasteiger partial charge in [0.15, 0.2) is 0 Å². The van der Waals surface area contributed by atoms with Crippen LogP contribution in [0.1, 0.15) is 50.7 Å². The second kappa shape index (κ2) is 8.60. The lowest BCUT2D eigenvalue weighted by atomic mass is 10.2. The SMILES string of the molecule is CCCCN(CCCC)CC(Cl)c1ccco1. The maximum Gasteiger partial charge on any atom is 0.122 e. The smallest absolute Gasteiger partial charge is 0.122 e. The first-order chi connectivity index (χ1) is 8.27. The van der Waals surface area contributed by atoms with Crippen LogP contribution in [-0.4, -0.2) is 24.5 Å². The van der Waals surface area contributed by atoms with Crippen LogP contribution in [0.2, 0.25) is 0 Å². The highest BCUT2D eigenvalue weighted by atomic mass is 35.5. The second-order valence-electron chi connectivity index (χ2n) is 4.49. The summed E-state index contributed by atoms with van der Waals surface area (Å²) in [6.45, 7) is 7.61. The van der Waals surface area contributed by atoms with E-state index in [2.05, 4.69) is 18.7 Å². The van der Waals surface area contributed by atoms with Gasteiger partial charge in [-0.15, -0.1) is 11.6 Å². The Morgan fingerprint density at radius 1 is 1.24 bits per heavy atom. The molecular weight excluding hydrogens is 234 g/mol. The van der Waals surface area contributed by atoms with Crippen molar-refractivity contribution in [3.63, 3.8) is 0 Å². The number of unbranched alkanes of at least 4 members (excludes halogenated alkanes) is 2. The zero-order valence-corrected chi connectivity index (χ0v) is 11.7. The van der Waals surface area contributed by atoms with Crippen LogP contribution in [0.4, 0.5) is 0 Å². The normalized spacial score (nSPS) is 13.2. The molecule has 1 aromatic heterocycles. The van der Waals surface area contributed by atoms with Crippen molar-refractivity contribution < 1.29 is 4.42 Å². The van der Waals surface area contributed by atoms with Crippen LogP contribution < -0.4 is 0 Å². The van der Waals surface area contributed by atoms with Gasteiger partial charge in [0.1, 0.15) is 11.1 Å². The summed E-state index contributed by atoms with van der Waals surface area (Å²) >= 11 is 6.36. The summed E-state index contributed by atoms with van der Waals surface area (Å²) in [6.07, 6.45) is 6.64. The quantitative estimate of drug-likeness (QED) is 0.607. The van der Waals surface area contributed by atoms with Crippen molar-refractivity contribution in [2.75, 3.05) is 19.6 Å². The highest BCUT2D eigenvalue weighted by Crippen LogP contribution is 2.22. The van der Waals surface area contributed by atoms with Crippen molar-refractivity contribution in [2.24, 2.45) is 0 Å². The van der Waals surface area contributed by atoms with Crippen molar-refractivity contribution in [1.29, 1.82) is 0 Å². The van der Waals surface area contributed by atoms with Gasteiger partial charge in [-0.3, -0.25) is 0 Å². The lowest BCUT2D eigenvalue weighted by Crippen LogP contribution is -2.29. The second-order valence-corrected chi connectivity index (χ2v) is 5.02. The minimum Gasteiger partial charge on any atom is -0.468 e. The maximum atomic E-state index is 6.36. The molecule has 98 valence electrons. The third-order valence-electron chi connectivity index (χ3n) is 2.93. The third-order valence-corrected chi connectivity index (χ3v) is 3.28. The van der Waals surface area contributed by atoms with Crippen LogP contribution in [0.15, 0.2) is 22.8 Å². The molecule has 0 aliphatic rings. The maximum absolute atomic E-state index is 6.36. The third kappa shape index (κ3) is 5.60. The van der Waals surface area contributed by atoms with E-state index in [-0.39, 0.29) is 5.38 Å². The zero-order valence-electron chi connectivity index (χ0n) is 11.0. The topological polar surface area (TPSA) is 16.4 Å². The van der Waals surface area contributed by atoms with E-state index in [9.17, 15) is 0 Å². The van der Waals surface area contributed by atoms with Gasteiger partial charge in [-0.1, -0.05) is 26.7 Å². The fourth-order valence-electron chi connectivity index (χ4n) is 1.84. The molecule has 1 aromatic rings. The molecule has 2 nitrogen and oxygen atoms in total. The van der Waals surface area contributed by atoms with Crippen molar-refractivity contribution in [1.82, 2.24) is 4.90 Å². The molecule has 17 heavy (non-hydrogen) atoms. The van der Waals surface area contributed by atoms with E-state index < -0.39 is 0 Å². The summed E-state index contributed by atoms with van der Waals surface area (Å²) < 4.78 is 5.35. The summed E-state index contributed by atoms with van der Waals surface area (Å²) in [4.78, 5) is 2.45. The molecule has 0 aliphatic carbocycles. The highest BCUT2D eigenvalue weighted by molar-refractivity contribution is 6.20. The average molecular weight is 258 g/mol.